The van der Waals surface area contributed by atoms with Crippen LogP contribution in [0.2, 0.25) is 10.0 Å². The van der Waals surface area contributed by atoms with Gasteiger partial charge in [0.05, 0.1) is 19.2 Å². The van der Waals surface area contributed by atoms with Crippen LogP contribution in [0.3, 0.4) is 0 Å². The lowest BCUT2D eigenvalue weighted by atomic mass is 10.1. The van der Waals surface area contributed by atoms with Gasteiger partial charge in [-0.25, -0.2) is 13.2 Å². The molecule has 2 aromatic rings. The minimum Gasteiger partial charge on any atom is -0.489 e. The number of benzene rings is 2. The number of methoxy groups -OCH3 is 1. The van der Waals surface area contributed by atoms with Gasteiger partial charge in [-0.1, -0.05) is 41.4 Å². The maximum absolute atomic E-state index is 12.8. The van der Waals surface area contributed by atoms with Crippen LogP contribution in [0, 0.1) is 0 Å². The highest BCUT2D eigenvalue weighted by Gasteiger charge is 2.38. The minimum atomic E-state index is -3.55. The number of hydrogen-bond donors (Lipinski definition) is 1. The number of ether oxygens (including phenoxy) is 2. The molecule has 2 unspecified atom stereocenters. The highest BCUT2D eigenvalue weighted by molar-refractivity contribution is 8.00. The Bertz CT molecular complexity index is 1120. The van der Waals surface area contributed by atoms with Crippen molar-refractivity contribution < 1.29 is 27.5 Å². The van der Waals surface area contributed by atoms with Crippen molar-refractivity contribution >= 4 is 56.9 Å². The fraction of sp³-hybridized carbons (Fsp3) is 0.364. The molecule has 0 spiro atoms. The molecule has 1 heterocycles. The van der Waals surface area contributed by atoms with Crippen LogP contribution in [-0.2, 0) is 37.4 Å². The fourth-order valence-electron chi connectivity index (χ4n) is 3.35. The van der Waals surface area contributed by atoms with Gasteiger partial charge in [0.2, 0.25) is 15.9 Å². The number of nitrogens with zero attached hydrogens (tertiary/aromatic N) is 1. The Morgan fingerprint density at radius 3 is 2.41 bits per heavy atom. The van der Waals surface area contributed by atoms with Gasteiger partial charge in [0.25, 0.3) is 0 Å². The molecule has 2 aromatic carbocycles. The van der Waals surface area contributed by atoms with Gasteiger partial charge in [0.15, 0.2) is 0 Å². The Morgan fingerprint density at radius 2 is 1.82 bits per heavy atom. The number of carbonyl (C=O) groups excluding carboxylic acids is 2. The van der Waals surface area contributed by atoms with Gasteiger partial charge in [-0.3, -0.25) is 4.79 Å². The van der Waals surface area contributed by atoms with Crippen LogP contribution in [0.15, 0.2) is 42.5 Å². The molecular weight excluding hydrogens is 523 g/mol. The van der Waals surface area contributed by atoms with Crippen LogP contribution in [0.25, 0.3) is 0 Å². The molecule has 1 aliphatic heterocycles. The van der Waals surface area contributed by atoms with Crippen LogP contribution in [0.4, 0.5) is 0 Å². The summed E-state index contributed by atoms with van der Waals surface area (Å²) in [6, 6.07) is 10.4. The summed E-state index contributed by atoms with van der Waals surface area (Å²) in [5, 5.41) is 3.66. The van der Waals surface area contributed by atoms with E-state index in [1.807, 2.05) is 0 Å². The first kappa shape index (κ1) is 26.6. The first-order valence-electron chi connectivity index (χ1n) is 10.2. The Kier molecular flexibility index (Phi) is 9.11. The first-order chi connectivity index (χ1) is 16.1. The first-order valence-corrected chi connectivity index (χ1v) is 13.9. The summed E-state index contributed by atoms with van der Waals surface area (Å²) in [5.74, 6) is -0.0826. The van der Waals surface area contributed by atoms with E-state index < -0.39 is 34.0 Å². The molecule has 34 heavy (non-hydrogen) atoms. The number of sulfonamides is 1. The highest BCUT2D eigenvalue weighted by atomic mass is 35.5. The highest BCUT2D eigenvalue weighted by Crippen LogP contribution is 2.26. The zero-order valence-corrected chi connectivity index (χ0v) is 21.6. The van der Waals surface area contributed by atoms with Crippen molar-refractivity contribution in [2.45, 2.75) is 25.1 Å². The van der Waals surface area contributed by atoms with Gasteiger partial charge in [0, 0.05) is 27.8 Å². The number of hydrogen-bond acceptors (Lipinski definition) is 7. The van der Waals surface area contributed by atoms with E-state index in [1.54, 1.807) is 42.5 Å². The van der Waals surface area contributed by atoms with E-state index in [4.69, 9.17) is 32.7 Å². The van der Waals surface area contributed by atoms with Crippen LogP contribution < -0.4 is 10.1 Å². The maximum atomic E-state index is 12.8. The van der Waals surface area contributed by atoms with Crippen LogP contribution in [0.1, 0.15) is 11.1 Å². The van der Waals surface area contributed by atoms with Crippen LogP contribution >= 0.6 is 35.0 Å². The smallest absolute Gasteiger partial charge is 0.328 e. The largest absolute Gasteiger partial charge is 0.489 e. The van der Waals surface area contributed by atoms with Crippen molar-refractivity contribution in [1.29, 1.82) is 0 Å². The minimum absolute atomic E-state index is 0.160. The zero-order chi connectivity index (χ0) is 24.9. The third-order valence-electron chi connectivity index (χ3n) is 5.18. The molecule has 2 atom stereocenters. The number of thioether (sulfide) groups is 1. The predicted octanol–water partition coefficient (Wildman–Crippen LogP) is 3.11. The third-order valence-corrected chi connectivity index (χ3v) is 8.30. The molecule has 1 fully saturated rings. The number of halogens is 2. The van der Waals surface area contributed by atoms with Crippen molar-refractivity contribution in [3.8, 4) is 5.75 Å². The van der Waals surface area contributed by atoms with Crippen molar-refractivity contribution in [2.24, 2.45) is 0 Å². The molecule has 3 rings (SSSR count). The van der Waals surface area contributed by atoms with Crippen molar-refractivity contribution in [3.05, 3.63) is 63.6 Å². The second-order valence-corrected chi connectivity index (χ2v) is 11.3. The van der Waals surface area contributed by atoms with Crippen molar-refractivity contribution in [2.75, 3.05) is 25.0 Å². The monoisotopic (exact) mass is 546 g/mol. The normalized spacial score (nSPS) is 17.2. The van der Waals surface area contributed by atoms with E-state index in [9.17, 15) is 18.0 Å². The van der Waals surface area contributed by atoms with Gasteiger partial charge in [-0.15, -0.1) is 11.8 Å². The van der Waals surface area contributed by atoms with E-state index in [0.29, 0.717) is 27.1 Å². The second-order valence-electron chi connectivity index (χ2n) is 7.59. The number of esters is 1. The number of rotatable bonds is 9. The molecule has 0 radical (unpaired) electrons. The third kappa shape index (κ3) is 6.79. The summed E-state index contributed by atoms with van der Waals surface area (Å²) in [5.41, 5.74) is 1.43. The second kappa shape index (κ2) is 11.6. The van der Waals surface area contributed by atoms with Crippen molar-refractivity contribution in [1.82, 2.24) is 9.62 Å². The summed E-state index contributed by atoms with van der Waals surface area (Å²) >= 11 is 13.7. The average Bonchev–Trinajstić information content (AvgIpc) is 3.30. The summed E-state index contributed by atoms with van der Waals surface area (Å²) in [6.45, 7) is 0.189. The molecule has 0 bridgehead atoms. The van der Waals surface area contributed by atoms with Crippen molar-refractivity contribution in [3.63, 3.8) is 0 Å². The Labute approximate surface area is 212 Å². The van der Waals surface area contributed by atoms with Gasteiger partial charge < -0.3 is 14.8 Å². The Hall–Kier alpha value is -1.98. The summed E-state index contributed by atoms with van der Waals surface area (Å²) in [7, 11) is -2.32. The van der Waals surface area contributed by atoms with E-state index in [-0.39, 0.29) is 18.9 Å². The molecule has 0 aromatic heterocycles. The summed E-state index contributed by atoms with van der Waals surface area (Å²) in [6.07, 6.45) is 1.22. The molecule has 1 aliphatic rings. The molecule has 1 N–H and O–H groups in total. The maximum Gasteiger partial charge on any atom is 0.328 e. The molecular formula is C22H24Cl2N2O6S2. The number of nitrogens with one attached hydrogen (secondary N) is 1. The topological polar surface area (TPSA) is 102 Å². The van der Waals surface area contributed by atoms with Crippen LogP contribution in [-0.4, -0.2) is 61.7 Å². The van der Waals surface area contributed by atoms with Gasteiger partial charge in [-0.2, -0.15) is 4.31 Å². The molecule has 12 heteroatoms. The lowest BCUT2D eigenvalue weighted by molar-refractivity contribution is -0.145. The van der Waals surface area contributed by atoms with Crippen LogP contribution in [0.5, 0.6) is 5.75 Å². The Morgan fingerprint density at radius 1 is 1.18 bits per heavy atom. The predicted molar refractivity (Wildman–Crippen MR) is 133 cm³/mol. The number of carbonyl (C=O) groups is 2. The molecule has 1 saturated heterocycles. The van der Waals surface area contributed by atoms with Gasteiger partial charge in [0.1, 0.15) is 24.4 Å². The SMILES string of the molecule is COC(=O)C(Cc1ccc(OCc2c(Cl)cccc2Cl)cc1)NC(=O)C1CSCN1S(C)(=O)=O. The Balaban J connectivity index is 1.65. The quantitative estimate of drug-likeness (QED) is 0.482. The lowest BCUT2D eigenvalue weighted by Crippen LogP contribution is -2.52. The average molecular weight is 547 g/mol. The zero-order valence-electron chi connectivity index (χ0n) is 18.5. The van der Waals surface area contributed by atoms with E-state index in [0.717, 1.165) is 16.1 Å². The van der Waals surface area contributed by atoms with E-state index >= 15 is 0 Å². The van der Waals surface area contributed by atoms with Gasteiger partial charge >= 0.3 is 5.97 Å². The molecule has 184 valence electrons. The van der Waals surface area contributed by atoms with Gasteiger partial charge in [-0.05, 0) is 29.8 Å². The molecule has 0 saturated carbocycles. The molecule has 1 amide bonds. The molecule has 8 nitrogen and oxygen atoms in total. The standard InChI is InChI=1S/C22H24Cl2N2O6S2/c1-31-22(28)19(25-21(27)20-12-33-13-26(20)34(2,29)30)10-14-6-8-15(9-7-14)32-11-16-17(23)4-3-5-18(16)24/h3-9,19-20H,10-13H2,1-2H3,(H,25,27). The fourth-order valence-corrected chi connectivity index (χ4v) is 6.59. The summed E-state index contributed by atoms with van der Waals surface area (Å²) in [4.78, 5) is 25.1. The van der Waals surface area contributed by atoms with E-state index in [2.05, 4.69) is 5.32 Å². The summed E-state index contributed by atoms with van der Waals surface area (Å²) < 4.78 is 35.6. The lowest BCUT2D eigenvalue weighted by Gasteiger charge is -2.23. The molecule has 0 aliphatic carbocycles. The number of amides is 1. The van der Waals surface area contributed by atoms with E-state index in [1.165, 1.54) is 18.9 Å².